The lowest BCUT2D eigenvalue weighted by molar-refractivity contribution is -0.142. The number of nitrogens with zero attached hydrogens (tertiary/aromatic N) is 1. The number of aliphatic hydroxyl groups excluding tert-OH is 1. The van der Waals surface area contributed by atoms with Gasteiger partial charge in [0.2, 0.25) is 17.7 Å². The molecule has 3 amide bonds. The van der Waals surface area contributed by atoms with Crippen LogP contribution in [0, 0.1) is 5.92 Å². The van der Waals surface area contributed by atoms with Crippen molar-refractivity contribution in [1.29, 1.82) is 0 Å². The average Bonchev–Trinajstić information content (AvgIpc) is 3.26. The molecule has 0 saturated heterocycles. The number of carbonyl (C=O) groups excluding carboxylic acids is 3. The highest BCUT2D eigenvalue weighted by molar-refractivity contribution is 7.98. The minimum atomic E-state index is -1.37. The molecule has 0 bridgehead atoms. The summed E-state index contributed by atoms with van der Waals surface area (Å²) in [5.74, 6) is -2.66. The first-order valence-corrected chi connectivity index (χ1v) is 12.4. The maximum atomic E-state index is 12.9. The van der Waals surface area contributed by atoms with Crippen LogP contribution in [0.25, 0.3) is 0 Å². The predicted molar refractivity (Wildman–Crippen MR) is 128 cm³/mol. The van der Waals surface area contributed by atoms with Crippen LogP contribution in [0.3, 0.4) is 0 Å². The van der Waals surface area contributed by atoms with Crippen molar-refractivity contribution in [2.75, 3.05) is 12.0 Å². The lowest BCUT2D eigenvalue weighted by Crippen LogP contribution is -2.60. The quantitative estimate of drug-likeness (QED) is 0.158. The normalized spacial score (nSPS) is 15.6. The molecular weight excluding hydrogens is 464 g/mol. The number of aliphatic carboxylic acids is 1. The Kier molecular flexibility index (Phi) is 12.6. The molecule has 1 aromatic heterocycles. The highest BCUT2D eigenvalue weighted by Gasteiger charge is 2.32. The molecule has 0 aromatic carbocycles. The first kappa shape index (κ1) is 29.4. The van der Waals surface area contributed by atoms with Crippen LogP contribution in [-0.2, 0) is 25.6 Å². The van der Waals surface area contributed by atoms with Gasteiger partial charge in [-0.05, 0) is 37.7 Å². The molecule has 192 valence electrons. The van der Waals surface area contributed by atoms with Gasteiger partial charge in [0.05, 0.1) is 18.5 Å². The van der Waals surface area contributed by atoms with Crippen LogP contribution in [-0.4, -0.2) is 86.2 Å². The molecule has 1 rings (SSSR count). The number of nitrogens with one attached hydrogen (secondary N) is 4. The van der Waals surface area contributed by atoms with Crippen LogP contribution in [0.5, 0.6) is 0 Å². The number of aromatic nitrogens is 2. The van der Waals surface area contributed by atoms with E-state index in [4.69, 9.17) is 5.73 Å². The summed E-state index contributed by atoms with van der Waals surface area (Å²) in [7, 11) is 0. The predicted octanol–water partition coefficient (Wildman–Crippen LogP) is -1.00. The highest BCUT2D eigenvalue weighted by atomic mass is 32.2. The van der Waals surface area contributed by atoms with Gasteiger partial charge in [-0.3, -0.25) is 14.4 Å². The van der Waals surface area contributed by atoms with Gasteiger partial charge >= 0.3 is 5.97 Å². The van der Waals surface area contributed by atoms with Gasteiger partial charge in [0, 0.05) is 18.3 Å². The molecule has 5 unspecified atom stereocenters. The number of amides is 3. The van der Waals surface area contributed by atoms with Crippen molar-refractivity contribution >= 4 is 35.5 Å². The molecule has 0 fully saturated rings. The summed E-state index contributed by atoms with van der Waals surface area (Å²) in [6.45, 7) is 5.12. The van der Waals surface area contributed by atoms with Crippen LogP contribution in [0.4, 0.5) is 0 Å². The van der Waals surface area contributed by atoms with Crippen molar-refractivity contribution in [3.05, 3.63) is 18.2 Å². The van der Waals surface area contributed by atoms with E-state index in [2.05, 4.69) is 25.9 Å². The Labute approximate surface area is 203 Å². The maximum absolute atomic E-state index is 12.9. The number of H-pyrrole nitrogens is 1. The zero-order valence-electron chi connectivity index (χ0n) is 19.9. The fourth-order valence-corrected chi connectivity index (χ4v) is 3.60. The largest absolute Gasteiger partial charge is 0.480 e. The minimum Gasteiger partial charge on any atom is -0.480 e. The number of carbonyl (C=O) groups is 4. The van der Waals surface area contributed by atoms with E-state index in [-0.39, 0.29) is 18.8 Å². The molecule has 0 saturated carbocycles. The van der Waals surface area contributed by atoms with Gasteiger partial charge in [0.1, 0.15) is 18.1 Å². The van der Waals surface area contributed by atoms with Crippen LogP contribution in [0.15, 0.2) is 12.5 Å². The van der Waals surface area contributed by atoms with Crippen molar-refractivity contribution in [2.45, 2.75) is 70.3 Å². The number of aliphatic hydroxyl groups is 1. The molecule has 1 aromatic rings. The summed E-state index contributed by atoms with van der Waals surface area (Å²) in [5.41, 5.74) is 6.39. The summed E-state index contributed by atoms with van der Waals surface area (Å²) in [6.07, 6.45) is 3.98. The molecule has 0 radical (unpaired) electrons. The molecule has 0 aliphatic heterocycles. The first-order valence-electron chi connectivity index (χ1n) is 11.0. The van der Waals surface area contributed by atoms with Crippen LogP contribution >= 0.6 is 11.8 Å². The second-order valence-electron chi connectivity index (χ2n) is 8.49. The molecule has 0 aliphatic carbocycles. The van der Waals surface area contributed by atoms with Gasteiger partial charge < -0.3 is 36.9 Å². The molecular formula is C21H36N6O6S. The van der Waals surface area contributed by atoms with Gasteiger partial charge in [0.15, 0.2) is 0 Å². The number of carboxylic acid groups (broad SMARTS) is 1. The highest BCUT2D eigenvalue weighted by Crippen LogP contribution is 2.07. The van der Waals surface area contributed by atoms with E-state index in [1.54, 1.807) is 0 Å². The Morgan fingerprint density at radius 2 is 1.74 bits per heavy atom. The second-order valence-corrected chi connectivity index (χ2v) is 9.47. The standard InChI is InChI=1S/C21H36N6O6S/c1-11(2)7-14(22)18(29)27-17(12(3)28)20(31)26-16(8-13-9-23-10-24-13)19(30)25-15(21(32)33)5-6-34-4/h9-12,14-17,28H,5-8,22H2,1-4H3,(H,23,24)(H,25,30)(H,26,31)(H,27,29)(H,32,33). The van der Waals surface area contributed by atoms with Crippen molar-refractivity contribution < 1.29 is 29.4 Å². The number of rotatable bonds is 15. The van der Waals surface area contributed by atoms with E-state index in [1.165, 1.54) is 31.2 Å². The molecule has 12 nitrogen and oxygen atoms in total. The number of nitrogens with two attached hydrogens (primary N) is 1. The number of aromatic amines is 1. The Morgan fingerprint density at radius 1 is 1.09 bits per heavy atom. The zero-order valence-corrected chi connectivity index (χ0v) is 20.7. The lowest BCUT2D eigenvalue weighted by atomic mass is 10.0. The van der Waals surface area contributed by atoms with E-state index in [0.29, 0.717) is 17.9 Å². The summed E-state index contributed by atoms with van der Waals surface area (Å²) in [6, 6.07) is -4.56. The SMILES string of the molecule is CSCCC(NC(=O)C(Cc1cnc[nH]1)NC(=O)C(NC(=O)C(N)CC(C)C)C(C)O)C(=O)O. The van der Waals surface area contributed by atoms with Crippen LogP contribution in [0.2, 0.25) is 0 Å². The third kappa shape index (κ3) is 10.1. The third-order valence-corrected chi connectivity index (χ3v) is 5.61. The van der Waals surface area contributed by atoms with Crippen molar-refractivity contribution in [3.63, 3.8) is 0 Å². The van der Waals surface area contributed by atoms with E-state index in [9.17, 15) is 29.4 Å². The summed E-state index contributed by atoms with van der Waals surface area (Å²) in [4.78, 5) is 56.5. The van der Waals surface area contributed by atoms with Gasteiger partial charge in [-0.1, -0.05) is 13.8 Å². The number of carboxylic acids is 1. The third-order valence-electron chi connectivity index (χ3n) is 4.96. The Hall–Kier alpha value is -2.64. The van der Waals surface area contributed by atoms with Crippen molar-refractivity contribution in [3.8, 4) is 0 Å². The molecule has 0 spiro atoms. The number of hydrogen-bond donors (Lipinski definition) is 7. The van der Waals surface area contributed by atoms with Gasteiger partial charge in [-0.2, -0.15) is 11.8 Å². The topological polar surface area (TPSA) is 200 Å². The van der Waals surface area contributed by atoms with E-state index in [0.717, 1.165) is 0 Å². The molecule has 5 atom stereocenters. The lowest BCUT2D eigenvalue weighted by Gasteiger charge is -2.26. The van der Waals surface area contributed by atoms with Crippen LogP contribution in [0.1, 0.15) is 39.3 Å². The van der Waals surface area contributed by atoms with Crippen molar-refractivity contribution in [1.82, 2.24) is 25.9 Å². The fourth-order valence-electron chi connectivity index (χ4n) is 3.13. The van der Waals surface area contributed by atoms with E-state index < -0.39 is 54.0 Å². The minimum absolute atomic E-state index is 0.0141. The second kappa shape index (κ2) is 14.6. The van der Waals surface area contributed by atoms with E-state index >= 15 is 0 Å². The molecule has 0 aliphatic rings. The summed E-state index contributed by atoms with van der Waals surface area (Å²) >= 11 is 1.44. The van der Waals surface area contributed by atoms with Gasteiger partial charge in [0.25, 0.3) is 0 Å². The molecule has 13 heteroatoms. The average molecular weight is 501 g/mol. The summed E-state index contributed by atoms with van der Waals surface area (Å²) in [5, 5.41) is 26.9. The molecule has 8 N–H and O–H groups in total. The summed E-state index contributed by atoms with van der Waals surface area (Å²) < 4.78 is 0. The number of hydrogen-bond acceptors (Lipinski definition) is 8. The number of thioether (sulfide) groups is 1. The first-order chi connectivity index (χ1) is 16.0. The van der Waals surface area contributed by atoms with Crippen molar-refractivity contribution in [2.24, 2.45) is 11.7 Å². The number of imidazole rings is 1. The Bertz CT molecular complexity index is 804. The zero-order chi connectivity index (χ0) is 25.8. The van der Waals surface area contributed by atoms with Gasteiger partial charge in [-0.15, -0.1) is 0 Å². The Morgan fingerprint density at radius 3 is 2.24 bits per heavy atom. The molecule has 34 heavy (non-hydrogen) atoms. The maximum Gasteiger partial charge on any atom is 0.326 e. The monoisotopic (exact) mass is 500 g/mol. The smallest absolute Gasteiger partial charge is 0.326 e. The molecule has 1 heterocycles. The van der Waals surface area contributed by atoms with Gasteiger partial charge in [-0.25, -0.2) is 9.78 Å². The fraction of sp³-hybridized carbons (Fsp3) is 0.667. The van der Waals surface area contributed by atoms with E-state index in [1.807, 2.05) is 20.1 Å². The van der Waals surface area contributed by atoms with Crippen LogP contribution < -0.4 is 21.7 Å². The Balaban J connectivity index is 3.00.